The maximum Gasteiger partial charge on any atom is 0.333 e. The number of carbonyl (C=O) groups excluding carboxylic acids is 2. The molecule has 1 amide bonds. The van der Waals surface area contributed by atoms with E-state index in [0.717, 1.165) is 0 Å². The number of aromatic nitrogens is 2. The van der Waals surface area contributed by atoms with E-state index >= 15 is 0 Å². The molecule has 3 rings (SSSR count). The monoisotopic (exact) mass is 420 g/mol. The second-order valence-corrected chi connectivity index (χ2v) is 6.82. The highest BCUT2D eigenvalue weighted by atomic mass is 19.1. The van der Waals surface area contributed by atoms with Crippen molar-refractivity contribution < 1.29 is 18.7 Å². The zero-order valence-corrected chi connectivity index (χ0v) is 17.3. The van der Waals surface area contributed by atoms with Crippen LogP contribution in [0.25, 0.3) is 5.69 Å². The lowest BCUT2D eigenvalue weighted by Gasteiger charge is -2.18. The molecule has 1 atom stereocenters. The van der Waals surface area contributed by atoms with E-state index in [1.807, 2.05) is 6.07 Å². The number of hydrogen-bond acceptors (Lipinski definition) is 5. The summed E-state index contributed by atoms with van der Waals surface area (Å²) in [6, 6.07) is 12.8. The minimum absolute atomic E-state index is 0.138. The van der Waals surface area contributed by atoms with E-state index in [9.17, 15) is 14.0 Å². The Labute approximate surface area is 179 Å². The topological polar surface area (TPSA) is 97.0 Å². The van der Waals surface area contributed by atoms with Gasteiger partial charge in [-0.1, -0.05) is 6.07 Å². The lowest BCUT2D eigenvalue weighted by atomic mass is 10.0. The predicted octanol–water partition coefficient (Wildman–Crippen LogP) is 3.53. The molecule has 0 saturated heterocycles. The van der Waals surface area contributed by atoms with Crippen LogP contribution >= 0.6 is 0 Å². The fraction of sp³-hybridized carbons (Fsp3) is 0.217. The number of nitriles is 1. The minimum Gasteiger partial charge on any atom is -0.464 e. The van der Waals surface area contributed by atoms with Crippen molar-refractivity contribution in [2.24, 2.45) is 0 Å². The number of carbonyl (C=O) groups is 2. The van der Waals surface area contributed by atoms with E-state index in [4.69, 9.17) is 10.00 Å². The molecule has 0 aliphatic rings. The van der Waals surface area contributed by atoms with Gasteiger partial charge in [0.1, 0.15) is 5.82 Å². The van der Waals surface area contributed by atoms with Gasteiger partial charge < -0.3 is 10.1 Å². The molecule has 0 aliphatic heterocycles. The van der Waals surface area contributed by atoms with Gasteiger partial charge in [-0.25, -0.2) is 13.9 Å². The molecule has 7 nitrogen and oxygen atoms in total. The summed E-state index contributed by atoms with van der Waals surface area (Å²) in [6.45, 7) is 5.29. The summed E-state index contributed by atoms with van der Waals surface area (Å²) in [5.74, 6) is -1.53. The Morgan fingerprint density at radius 2 is 1.94 bits per heavy atom. The number of esters is 1. The number of ether oxygens (including phenoxy) is 1. The molecule has 0 saturated carbocycles. The van der Waals surface area contributed by atoms with Crippen molar-refractivity contribution in [1.82, 2.24) is 15.1 Å². The molecule has 1 heterocycles. The molecule has 2 aromatic carbocycles. The van der Waals surface area contributed by atoms with Crippen molar-refractivity contribution in [3.63, 3.8) is 0 Å². The van der Waals surface area contributed by atoms with E-state index in [1.165, 1.54) is 18.2 Å². The van der Waals surface area contributed by atoms with E-state index in [1.54, 1.807) is 55.8 Å². The molecule has 0 bridgehead atoms. The molecule has 0 spiro atoms. The molecule has 0 fully saturated rings. The summed E-state index contributed by atoms with van der Waals surface area (Å²) >= 11 is 0. The van der Waals surface area contributed by atoms with Gasteiger partial charge in [0, 0.05) is 16.8 Å². The van der Waals surface area contributed by atoms with Gasteiger partial charge in [-0.15, -0.1) is 0 Å². The highest BCUT2D eigenvalue weighted by molar-refractivity contribution is 5.97. The van der Waals surface area contributed by atoms with Crippen molar-refractivity contribution >= 4 is 11.9 Å². The number of amides is 1. The lowest BCUT2D eigenvalue weighted by Crippen LogP contribution is -2.35. The molecule has 0 unspecified atom stereocenters. The molecular weight excluding hydrogens is 399 g/mol. The summed E-state index contributed by atoms with van der Waals surface area (Å²) in [6.07, 6.45) is 0. The molecule has 158 valence electrons. The first-order valence-electron chi connectivity index (χ1n) is 9.65. The summed E-state index contributed by atoms with van der Waals surface area (Å²) in [5, 5.41) is 16.3. The van der Waals surface area contributed by atoms with E-state index < -0.39 is 17.9 Å². The van der Waals surface area contributed by atoms with Gasteiger partial charge in [-0.2, -0.15) is 10.4 Å². The van der Waals surface area contributed by atoms with Crippen molar-refractivity contribution in [2.75, 3.05) is 6.61 Å². The fourth-order valence-corrected chi connectivity index (χ4v) is 3.33. The lowest BCUT2D eigenvalue weighted by molar-refractivity contribution is -0.145. The Morgan fingerprint density at radius 1 is 1.23 bits per heavy atom. The number of benzene rings is 2. The zero-order chi connectivity index (χ0) is 22.5. The van der Waals surface area contributed by atoms with Gasteiger partial charge in [0.25, 0.3) is 5.91 Å². The van der Waals surface area contributed by atoms with Gasteiger partial charge in [0.2, 0.25) is 0 Å². The molecule has 1 N–H and O–H groups in total. The first-order chi connectivity index (χ1) is 14.8. The van der Waals surface area contributed by atoms with Gasteiger partial charge in [0.05, 0.1) is 29.6 Å². The molecule has 8 heteroatoms. The van der Waals surface area contributed by atoms with Crippen LogP contribution < -0.4 is 5.32 Å². The van der Waals surface area contributed by atoms with Crippen molar-refractivity contribution in [1.29, 1.82) is 5.26 Å². The first-order valence-corrected chi connectivity index (χ1v) is 9.65. The Hall–Kier alpha value is -3.99. The van der Waals surface area contributed by atoms with Crippen LogP contribution in [-0.2, 0) is 9.53 Å². The van der Waals surface area contributed by atoms with Crippen LogP contribution in [0.2, 0.25) is 0 Å². The largest absolute Gasteiger partial charge is 0.464 e. The highest BCUT2D eigenvalue weighted by Gasteiger charge is 2.30. The summed E-state index contributed by atoms with van der Waals surface area (Å²) in [7, 11) is 0. The van der Waals surface area contributed by atoms with Crippen LogP contribution in [0.15, 0.2) is 48.5 Å². The Balaban J connectivity index is 2.01. The van der Waals surface area contributed by atoms with Crippen LogP contribution in [0.1, 0.15) is 45.8 Å². The third kappa shape index (κ3) is 4.61. The third-order valence-electron chi connectivity index (χ3n) is 4.76. The zero-order valence-electron chi connectivity index (χ0n) is 17.3. The highest BCUT2D eigenvalue weighted by Crippen LogP contribution is 2.26. The van der Waals surface area contributed by atoms with E-state index in [2.05, 4.69) is 10.4 Å². The molecule has 31 heavy (non-hydrogen) atoms. The summed E-state index contributed by atoms with van der Waals surface area (Å²) in [4.78, 5) is 25.6. The number of nitrogens with zero attached hydrogens (tertiary/aromatic N) is 3. The van der Waals surface area contributed by atoms with Crippen LogP contribution in [0.3, 0.4) is 0 Å². The second-order valence-electron chi connectivity index (χ2n) is 6.82. The van der Waals surface area contributed by atoms with Gasteiger partial charge in [0.15, 0.2) is 6.04 Å². The van der Waals surface area contributed by atoms with Crippen molar-refractivity contribution in [3.05, 3.63) is 82.4 Å². The fourth-order valence-electron chi connectivity index (χ4n) is 3.33. The number of nitrogens with one attached hydrogen (secondary N) is 1. The summed E-state index contributed by atoms with van der Waals surface area (Å²) in [5.41, 5.74) is 2.81. The molecule has 0 radical (unpaired) electrons. The number of rotatable bonds is 6. The molecular formula is C23H21FN4O3. The van der Waals surface area contributed by atoms with Crippen molar-refractivity contribution in [2.45, 2.75) is 26.8 Å². The SMILES string of the molecule is CCOC(=O)[C@H](NC(=O)c1cccc(C#N)c1)c1c(C)nn(-c2ccc(F)cc2)c1C. The average Bonchev–Trinajstić information content (AvgIpc) is 3.06. The number of hydrogen-bond donors (Lipinski definition) is 1. The predicted molar refractivity (Wildman–Crippen MR) is 111 cm³/mol. The van der Waals surface area contributed by atoms with Crippen LogP contribution in [0, 0.1) is 31.0 Å². The molecule has 3 aromatic rings. The maximum absolute atomic E-state index is 13.3. The molecule has 1 aromatic heterocycles. The normalized spacial score (nSPS) is 11.5. The van der Waals surface area contributed by atoms with Crippen LogP contribution in [-0.4, -0.2) is 28.3 Å². The summed E-state index contributed by atoms with van der Waals surface area (Å²) < 4.78 is 20.1. The smallest absolute Gasteiger partial charge is 0.333 e. The van der Waals surface area contributed by atoms with Crippen LogP contribution in [0.4, 0.5) is 4.39 Å². The third-order valence-corrected chi connectivity index (χ3v) is 4.76. The van der Waals surface area contributed by atoms with Crippen LogP contribution in [0.5, 0.6) is 0 Å². The van der Waals surface area contributed by atoms with Crippen molar-refractivity contribution in [3.8, 4) is 11.8 Å². The Bertz CT molecular complexity index is 1160. The maximum atomic E-state index is 13.3. The second kappa shape index (κ2) is 9.22. The quantitative estimate of drug-likeness (QED) is 0.616. The number of halogens is 1. The Kier molecular flexibility index (Phi) is 6.46. The van der Waals surface area contributed by atoms with E-state index in [-0.39, 0.29) is 18.0 Å². The van der Waals surface area contributed by atoms with E-state index in [0.29, 0.717) is 28.2 Å². The minimum atomic E-state index is -1.10. The Morgan fingerprint density at radius 3 is 2.58 bits per heavy atom. The van der Waals surface area contributed by atoms with Gasteiger partial charge in [-0.05, 0) is 63.2 Å². The number of aryl methyl sites for hydroxylation is 1. The standard InChI is InChI=1S/C23H21FN4O3/c1-4-31-23(30)21(26-22(29)17-7-5-6-16(12-17)13-25)20-14(2)27-28(15(20)3)19-10-8-18(24)9-11-19/h5-12,21H,4H2,1-3H3,(H,26,29)/t21-/m1/s1. The first kappa shape index (κ1) is 21.7. The van der Waals surface area contributed by atoms with Gasteiger partial charge >= 0.3 is 5.97 Å². The van der Waals surface area contributed by atoms with Gasteiger partial charge in [-0.3, -0.25) is 4.79 Å². The molecule has 0 aliphatic carbocycles. The average molecular weight is 420 g/mol.